The number of carbonyl (C=O) groups is 3. The smallest absolute Gasteiger partial charge is 0.271 e. The Morgan fingerprint density at radius 3 is 2.30 bits per heavy atom. The van der Waals surface area contributed by atoms with Crippen LogP contribution in [0.4, 0.5) is 17.1 Å². The summed E-state index contributed by atoms with van der Waals surface area (Å²) in [5.74, 6) is -3.98. The van der Waals surface area contributed by atoms with E-state index in [1.165, 1.54) is 37.4 Å². The number of imide groups is 1. The van der Waals surface area contributed by atoms with Gasteiger partial charge in [0.15, 0.2) is 5.78 Å². The molecule has 12 nitrogen and oxygen atoms in total. The van der Waals surface area contributed by atoms with Gasteiger partial charge in [0, 0.05) is 36.0 Å². The number of carbonyl (C=O) groups excluding carboxylic acids is 3. The Labute approximate surface area is 226 Å². The van der Waals surface area contributed by atoms with E-state index in [2.05, 4.69) is 0 Å². The van der Waals surface area contributed by atoms with Crippen molar-refractivity contribution in [2.75, 3.05) is 12.0 Å². The fourth-order valence-electron chi connectivity index (χ4n) is 6.00. The van der Waals surface area contributed by atoms with E-state index in [1.807, 2.05) is 18.2 Å². The number of Topliss-reactive ketones (excluding diaryl/α,β-unsaturated/α-hetero) is 1. The van der Waals surface area contributed by atoms with Crippen LogP contribution in [0.5, 0.6) is 5.75 Å². The van der Waals surface area contributed by atoms with Gasteiger partial charge in [-0.25, -0.2) is 4.90 Å². The molecule has 40 heavy (non-hydrogen) atoms. The van der Waals surface area contributed by atoms with E-state index in [4.69, 9.17) is 4.74 Å². The molecule has 200 valence electrons. The number of amides is 2. The summed E-state index contributed by atoms with van der Waals surface area (Å²) >= 11 is 0. The van der Waals surface area contributed by atoms with Crippen molar-refractivity contribution in [2.24, 2.45) is 11.8 Å². The fraction of sp³-hybridized carbons (Fsp3) is 0.179. The highest BCUT2D eigenvalue weighted by molar-refractivity contribution is 6.25. The molecule has 2 amide bonds. The first-order valence-electron chi connectivity index (χ1n) is 12.3. The summed E-state index contributed by atoms with van der Waals surface area (Å²) in [6.07, 6.45) is 3.46. The Hall–Kier alpha value is -5.39. The lowest BCUT2D eigenvalue weighted by Crippen LogP contribution is -2.44. The van der Waals surface area contributed by atoms with Crippen LogP contribution in [0.15, 0.2) is 72.9 Å². The van der Waals surface area contributed by atoms with Crippen LogP contribution in [0.1, 0.15) is 27.5 Å². The van der Waals surface area contributed by atoms with Gasteiger partial charge >= 0.3 is 0 Å². The minimum absolute atomic E-state index is 0.0255. The Morgan fingerprint density at radius 1 is 0.875 bits per heavy atom. The molecule has 0 aliphatic carbocycles. The van der Waals surface area contributed by atoms with Gasteiger partial charge in [-0.3, -0.25) is 34.6 Å². The molecule has 0 N–H and O–H groups in total. The van der Waals surface area contributed by atoms with Gasteiger partial charge in [0.1, 0.15) is 17.5 Å². The summed E-state index contributed by atoms with van der Waals surface area (Å²) in [4.78, 5) is 66.3. The number of methoxy groups -OCH3 is 1. The Kier molecular flexibility index (Phi) is 5.68. The SMILES string of the molecule is COc1ccc([N+](=O)[O-])cc1N1C(=O)[C@@H]2[C@H](C1=O)[C@H]1c3ccccc3C=CN1[C@@H]2C(=O)c1cccc([N+](=O)[O-])c1. The molecule has 3 heterocycles. The maximum Gasteiger partial charge on any atom is 0.271 e. The second-order valence-corrected chi connectivity index (χ2v) is 9.63. The predicted molar refractivity (Wildman–Crippen MR) is 140 cm³/mol. The van der Waals surface area contributed by atoms with Gasteiger partial charge in [-0.15, -0.1) is 0 Å². The van der Waals surface area contributed by atoms with Gasteiger partial charge in [-0.2, -0.15) is 0 Å². The number of hydrogen-bond acceptors (Lipinski definition) is 9. The molecule has 6 rings (SSSR count). The summed E-state index contributed by atoms with van der Waals surface area (Å²) < 4.78 is 5.33. The normalized spacial score (nSPS) is 22.5. The quantitative estimate of drug-likeness (QED) is 0.196. The molecular weight excluding hydrogens is 520 g/mol. The predicted octanol–water partition coefficient (Wildman–Crippen LogP) is 3.91. The molecule has 3 aromatic rings. The molecule has 0 radical (unpaired) electrons. The van der Waals surface area contributed by atoms with Crippen LogP contribution in [-0.4, -0.2) is 45.5 Å². The second-order valence-electron chi connectivity index (χ2n) is 9.63. The summed E-state index contributed by atoms with van der Waals surface area (Å²) in [6, 6.07) is 14.3. The molecule has 3 aliphatic heterocycles. The molecule has 3 aromatic carbocycles. The number of anilines is 1. The highest BCUT2D eigenvalue weighted by Gasteiger charge is 2.65. The second kappa shape index (κ2) is 9.12. The Balaban J connectivity index is 1.51. The van der Waals surface area contributed by atoms with E-state index < -0.39 is 51.4 Å². The van der Waals surface area contributed by atoms with Crippen LogP contribution in [0, 0.1) is 32.1 Å². The molecule has 4 atom stereocenters. The van der Waals surface area contributed by atoms with Crippen molar-refractivity contribution in [1.29, 1.82) is 0 Å². The zero-order valence-corrected chi connectivity index (χ0v) is 20.9. The van der Waals surface area contributed by atoms with E-state index in [-0.39, 0.29) is 28.4 Å². The Morgan fingerprint density at radius 2 is 1.57 bits per heavy atom. The maximum atomic E-state index is 14.1. The van der Waals surface area contributed by atoms with Crippen molar-refractivity contribution in [3.8, 4) is 5.75 Å². The summed E-state index contributed by atoms with van der Waals surface area (Å²) in [7, 11) is 1.31. The zero-order valence-electron chi connectivity index (χ0n) is 20.9. The fourth-order valence-corrected chi connectivity index (χ4v) is 6.00. The van der Waals surface area contributed by atoms with Gasteiger partial charge in [0.2, 0.25) is 11.8 Å². The lowest BCUT2D eigenvalue weighted by Gasteiger charge is -2.35. The zero-order chi connectivity index (χ0) is 28.3. The summed E-state index contributed by atoms with van der Waals surface area (Å²) in [6.45, 7) is 0. The van der Waals surface area contributed by atoms with Crippen molar-refractivity contribution in [3.63, 3.8) is 0 Å². The topological polar surface area (TPSA) is 153 Å². The van der Waals surface area contributed by atoms with Crippen LogP contribution >= 0.6 is 0 Å². The molecule has 0 aromatic heterocycles. The number of fused-ring (bicyclic) bond motifs is 5. The number of nitrogens with zero attached hydrogens (tertiary/aromatic N) is 4. The molecule has 12 heteroatoms. The third-order valence-corrected chi connectivity index (χ3v) is 7.69. The van der Waals surface area contributed by atoms with Gasteiger partial charge < -0.3 is 9.64 Å². The van der Waals surface area contributed by atoms with Gasteiger partial charge in [0.05, 0.1) is 34.8 Å². The van der Waals surface area contributed by atoms with Crippen molar-refractivity contribution >= 4 is 40.7 Å². The molecular formula is C28H20N4O8. The van der Waals surface area contributed by atoms with Gasteiger partial charge in [-0.05, 0) is 23.3 Å². The number of hydrogen-bond donors (Lipinski definition) is 0. The van der Waals surface area contributed by atoms with Crippen molar-refractivity contribution in [1.82, 2.24) is 4.90 Å². The lowest BCUT2D eigenvalue weighted by atomic mass is 9.83. The van der Waals surface area contributed by atoms with Crippen molar-refractivity contribution < 1.29 is 29.0 Å². The lowest BCUT2D eigenvalue weighted by molar-refractivity contribution is -0.385. The first-order valence-corrected chi connectivity index (χ1v) is 12.3. The van der Waals surface area contributed by atoms with Crippen molar-refractivity contribution in [3.05, 3.63) is 110 Å². The average Bonchev–Trinajstić information content (AvgIpc) is 3.44. The molecule has 3 aliphatic rings. The molecule has 0 spiro atoms. The van der Waals surface area contributed by atoms with E-state index in [0.29, 0.717) is 0 Å². The highest BCUT2D eigenvalue weighted by atomic mass is 16.6. The van der Waals surface area contributed by atoms with E-state index in [9.17, 15) is 34.6 Å². The van der Waals surface area contributed by atoms with Gasteiger partial charge in [-0.1, -0.05) is 36.4 Å². The number of non-ortho nitro benzene ring substituents is 2. The van der Waals surface area contributed by atoms with E-state index >= 15 is 0 Å². The number of ether oxygens (including phenoxy) is 1. The van der Waals surface area contributed by atoms with Crippen LogP contribution in [0.25, 0.3) is 6.08 Å². The number of rotatable bonds is 6. The van der Waals surface area contributed by atoms with Gasteiger partial charge in [0.25, 0.3) is 11.4 Å². The van der Waals surface area contributed by atoms with Crippen LogP contribution in [0.2, 0.25) is 0 Å². The number of ketones is 1. The third kappa shape index (κ3) is 3.56. The molecule has 0 bridgehead atoms. The molecule has 0 saturated carbocycles. The van der Waals surface area contributed by atoms with Crippen LogP contribution < -0.4 is 9.64 Å². The molecule has 2 saturated heterocycles. The van der Waals surface area contributed by atoms with E-state index in [0.717, 1.165) is 28.2 Å². The summed E-state index contributed by atoms with van der Waals surface area (Å²) in [5, 5.41) is 22.9. The monoisotopic (exact) mass is 540 g/mol. The standard InChI is InChI=1S/C28H20N4O8/c1-40-21-10-9-18(32(38)39)14-20(21)30-27(34)22-23(28(30)35)25(26(33)16-6-4-7-17(13-16)31(36)37)29-12-11-15-5-2-3-8-19(15)24(22)29/h2-14,22-25H,1H3/t22-,23+,24+,25-/m0/s1. The van der Waals surface area contributed by atoms with Crippen LogP contribution in [-0.2, 0) is 9.59 Å². The average molecular weight is 540 g/mol. The van der Waals surface area contributed by atoms with E-state index in [1.54, 1.807) is 23.2 Å². The highest BCUT2D eigenvalue weighted by Crippen LogP contribution is 2.54. The number of nitro groups is 2. The molecule has 2 fully saturated rings. The number of benzene rings is 3. The third-order valence-electron chi connectivity index (χ3n) is 7.69. The minimum Gasteiger partial charge on any atom is -0.495 e. The first kappa shape index (κ1) is 24.9. The van der Waals surface area contributed by atoms with Crippen molar-refractivity contribution in [2.45, 2.75) is 12.1 Å². The largest absolute Gasteiger partial charge is 0.495 e. The minimum atomic E-state index is -1.16. The summed E-state index contributed by atoms with van der Waals surface area (Å²) in [5.41, 5.74) is 0.866. The first-order chi connectivity index (χ1) is 19.2. The Bertz CT molecular complexity index is 1670. The number of nitro benzene ring substituents is 2. The van der Waals surface area contributed by atoms with Crippen LogP contribution in [0.3, 0.4) is 0 Å². The maximum absolute atomic E-state index is 14.1. The molecule has 0 unspecified atom stereocenters.